The minimum Gasteiger partial charge on any atom is -0.476 e. The molecule has 1 aliphatic rings. The summed E-state index contributed by atoms with van der Waals surface area (Å²) >= 11 is 7.26. The summed E-state index contributed by atoms with van der Waals surface area (Å²) in [4.78, 5) is 26.6. The van der Waals surface area contributed by atoms with Gasteiger partial charge in [0.25, 0.3) is 5.91 Å². The minimum absolute atomic E-state index is 0.000303. The topological polar surface area (TPSA) is 136 Å². The van der Waals surface area contributed by atoms with Gasteiger partial charge in [-0.3, -0.25) is 9.48 Å². The third-order valence-corrected chi connectivity index (χ3v) is 7.78. The Bertz CT molecular complexity index is 1260. The summed E-state index contributed by atoms with van der Waals surface area (Å²) in [7, 11) is -3.28. The van der Waals surface area contributed by atoms with Crippen molar-refractivity contribution in [3.63, 3.8) is 0 Å². The summed E-state index contributed by atoms with van der Waals surface area (Å²) in [6.07, 6.45) is 1.47. The van der Waals surface area contributed by atoms with Crippen molar-refractivity contribution in [2.75, 3.05) is 19.3 Å². The first-order chi connectivity index (χ1) is 14.6. The Balaban J connectivity index is 1.59. The highest BCUT2D eigenvalue weighted by atomic mass is 35.5. The molecule has 1 N–H and O–H groups in total. The molecule has 0 saturated carbocycles. The number of amides is 1. The molecular weight excluding hydrogens is 468 g/mol. The zero-order chi connectivity index (χ0) is 22.3. The van der Waals surface area contributed by atoms with Crippen molar-refractivity contribution in [3.8, 4) is 10.6 Å². The van der Waals surface area contributed by atoms with Crippen LogP contribution in [0.4, 0.5) is 0 Å². The second kappa shape index (κ2) is 8.09. The maximum atomic E-state index is 13.0. The van der Waals surface area contributed by atoms with Gasteiger partial charge in [0.1, 0.15) is 11.4 Å². The number of hydrogen-bond acceptors (Lipinski definition) is 8. The molecule has 0 spiro atoms. The number of carbonyl (C=O) groups excluding carboxylic acids is 1. The first kappa shape index (κ1) is 21.5. The standard InChI is InChI=1S/C18H17ClN4O6S2/c1-31(27,28)11-4-5-22(9-11)17(24)13-7-12(18(25)26)20-23(13)8-10-6-14(29-21-10)15-2-3-16(19)30-15/h2-3,6-7,11H,4-5,8-9H2,1H3,(H,25,26). The fraction of sp³-hybridized carbons (Fsp3) is 0.333. The third kappa shape index (κ3) is 4.50. The zero-order valence-electron chi connectivity index (χ0n) is 16.2. The lowest BCUT2D eigenvalue weighted by Crippen LogP contribution is -2.33. The van der Waals surface area contributed by atoms with Crippen molar-refractivity contribution in [1.82, 2.24) is 19.8 Å². The van der Waals surface area contributed by atoms with Gasteiger partial charge in [-0.15, -0.1) is 11.3 Å². The van der Waals surface area contributed by atoms with Gasteiger partial charge < -0.3 is 14.5 Å². The molecule has 10 nitrogen and oxygen atoms in total. The molecule has 1 unspecified atom stereocenters. The van der Waals surface area contributed by atoms with Gasteiger partial charge in [-0.1, -0.05) is 16.8 Å². The largest absolute Gasteiger partial charge is 0.476 e. The van der Waals surface area contributed by atoms with E-state index < -0.39 is 27.0 Å². The molecule has 1 saturated heterocycles. The number of sulfone groups is 1. The van der Waals surface area contributed by atoms with Gasteiger partial charge in [0.15, 0.2) is 21.3 Å². The quantitative estimate of drug-likeness (QED) is 0.562. The number of thiophene rings is 1. The van der Waals surface area contributed by atoms with Crippen molar-refractivity contribution in [1.29, 1.82) is 0 Å². The van der Waals surface area contributed by atoms with Crippen molar-refractivity contribution < 1.29 is 27.6 Å². The fourth-order valence-electron chi connectivity index (χ4n) is 3.34. The highest BCUT2D eigenvalue weighted by Crippen LogP contribution is 2.31. The molecule has 4 rings (SSSR count). The van der Waals surface area contributed by atoms with Crippen LogP contribution in [0.5, 0.6) is 0 Å². The highest BCUT2D eigenvalue weighted by molar-refractivity contribution is 7.91. The van der Waals surface area contributed by atoms with E-state index >= 15 is 0 Å². The second-order valence-electron chi connectivity index (χ2n) is 7.16. The monoisotopic (exact) mass is 484 g/mol. The highest BCUT2D eigenvalue weighted by Gasteiger charge is 2.34. The van der Waals surface area contributed by atoms with E-state index in [1.807, 2.05) is 0 Å². The van der Waals surface area contributed by atoms with Crippen molar-refractivity contribution in [3.05, 3.63) is 45.7 Å². The van der Waals surface area contributed by atoms with Crippen LogP contribution in [0.1, 0.15) is 33.1 Å². The predicted octanol–water partition coefficient (Wildman–Crippen LogP) is 2.26. The molecule has 1 aliphatic heterocycles. The van der Waals surface area contributed by atoms with Gasteiger partial charge in [-0.25, -0.2) is 13.2 Å². The van der Waals surface area contributed by atoms with E-state index in [1.54, 1.807) is 18.2 Å². The molecule has 0 bridgehead atoms. The van der Waals surface area contributed by atoms with Crippen LogP contribution in [-0.4, -0.2) is 69.8 Å². The summed E-state index contributed by atoms with van der Waals surface area (Å²) < 4.78 is 30.8. The van der Waals surface area contributed by atoms with E-state index in [0.29, 0.717) is 22.2 Å². The van der Waals surface area contributed by atoms with E-state index in [0.717, 1.165) is 11.1 Å². The molecule has 0 aromatic carbocycles. The van der Waals surface area contributed by atoms with Gasteiger partial charge >= 0.3 is 5.97 Å². The normalized spacial score (nSPS) is 16.7. The Morgan fingerprint density at radius 2 is 2.13 bits per heavy atom. The third-order valence-electron chi connectivity index (χ3n) is 4.94. The predicted molar refractivity (Wildman–Crippen MR) is 112 cm³/mol. The van der Waals surface area contributed by atoms with Crippen LogP contribution in [0.3, 0.4) is 0 Å². The molecule has 3 aromatic heterocycles. The molecular formula is C18H17ClN4O6S2. The van der Waals surface area contributed by atoms with E-state index in [9.17, 15) is 23.1 Å². The average molecular weight is 485 g/mol. The van der Waals surface area contributed by atoms with Crippen LogP contribution in [0.2, 0.25) is 4.34 Å². The molecule has 1 amide bonds. The average Bonchev–Trinajstić information content (AvgIpc) is 3.47. The van der Waals surface area contributed by atoms with Gasteiger partial charge in [0.05, 0.1) is 21.0 Å². The number of carbonyl (C=O) groups is 2. The summed E-state index contributed by atoms with van der Waals surface area (Å²) in [5, 5.41) is 16.6. The molecule has 0 radical (unpaired) electrons. The SMILES string of the molecule is CS(=O)(=O)C1CCN(C(=O)c2cc(C(=O)O)nn2Cc2cc(-c3ccc(Cl)s3)on2)C1. The number of rotatable bonds is 6. The molecule has 1 atom stereocenters. The van der Waals surface area contributed by atoms with Crippen molar-refractivity contribution in [2.24, 2.45) is 0 Å². The smallest absolute Gasteiger partial charge is 0.356 e. The van der Waals surface area contributed by atoms with E-state index in [1.165, 1.54) is 27.0 Å². The minimum atomic E-state index is -3.28. The number of nitrogens with zero attached hydrogens (tertiary/aromatic N) is 4. The Morgan fingerprint density at radius 1 is 1.35 bits per heavy atom. The van der Waals surface area contributed by atoms with Crippen molar-refractivity contribution in [2.45, 2.75) is 18.2 Å². The second-order valence-corrected chi connectivity index (χ2v) is 11.2. The number of hydrogen-bond donors (Lipinski definition) is 1. The van der Waals surface area contributed by atoms with Gasteiger partial charge in [-0.05, 0) is 18.6 Å². The van der Waals surface area contributed by atoms with Gasteiger partial charge in [0, 0.05) is 31.5 Å². The van der Waals surface area contributed by atoms with E-state index in [-0.39, 0.29) is 31.0 Å². The Morgan fingerprint density at radius 3 is 2.74 bits per heavy atom. The zero-order valence-corrected chi connectivity index (χ0v) is 18.6. The number of aromatic carboxylic acids is 1. The molecule has 0 aliphatic carbocycles. The lowest BCUT2D eigenvalue weighted by atomic mass is 10.3. The molecule has 4 heterocycles. The molecule has 1 fully saturated rings. The lowest BCUT2D eigenvalue weighted by molar-refractivity contribution is 0.0688. The Hall–Kier alpha value is -2.70. The summed E-state index contributed by atoms with van der Waals surface area (Å²) in [5.41, 5.74) is 0.176. The summed E-state index contributed by atoms with van der Waals surface area (Å²) in [6.45, 7) is 0.316. The molecule has 3 aromatic rings. The number of carboxylic acids is 1. The summed E-state index contributed by atoms with van der Waals surface area (Å²) in [5.74, 6) is -1.28. The van der Waals surface area contributed by atoms with Gasteiger partial charge in [-0.2, -0.15) is 5.10 Å². The number of likely N-dealkylation sites (tertiary alicyclic amines) is 1. The van der Waals surface area contributed by atoms with Crippen molar-refractivity contribution >= 4 is 44.7 Å². The molecule has 164 valence electrons. The van der Waals surface area contributed by atoms with Crippen LogP contribution in [0.15, 0.2) is 28.8 Å². The van der Waals surface area contributed by atoms with Crippen LogP contribution < -0.4 is 0 Å². The van der Waals surface area contributed by atoms with Crippen LogP contribution in [0, 0.1) is 0 Å². The first-order valence-electron chi connectivity index (χ1n) is 9.12. The maximum absolute atomic E-state index is 13.0. The first-order valence-corrected chi connectivity index (χ1v) is 12.3. The van der Waals surface area contributed by atoms with E-state index in [4.69, 9.17) is 16.1 Å². The molecule has 31 heavy (non-hydrogen) atoms. The lowest BCUT2D eigenvalue weighted by Gasteiger charge is -2.16. The number of aromatic nitrogens is 3. The maximum Gasteiger partial charge on any atom is 0.356 e. The van der Waals surface area contributed by atoms with Crippen LogP contribution >= 0.6 is 22.9 Å². The van der Waals surface area contributed by atoms with Crippen LogP contribution in [0.25, 0.3) is 10.6 Å². The fourth-order valence-corrected chi connectivity index (χ4v) is 5.32. The van der Waals surface area contributed by atoms with E-state index in [2.05, 4.69) is 10.3 Å². The molecule has 13 heteroatoms. The Labute approximate surface area is 185 Å². The number of carboxylic acid groups (broad SMARTS) is 1. The van der Waals surface area contributed by atoms with Crippen LogP contribution in [-0.2, 0) is 16.4 Å². The summed E-state index contributed by atoms with van der Waals surface area (Å²) in [6, 6.07) is 6.35. The van der Waals surface area contributed by atoms with Gasteiger partial charge in [0.2, 0.25) is 0 Å². The number of halogens is 1. The Kier molecular flexibility index (Phi) is 5.62.